The first-order chi connectivity index (χ1) is 16.2. The highest BCUT2D eigenvalue weighted by Crippen LogP contribution is 2.31. The Hall–Kier alpha value is -4.17. The van der Waals surface area contributed by atoms with Gasteiger partial charge in [-0.15, -0.1) is 16.0 Å². The maximum Gasteiger partial charge on any atom is 0.248 e. The lowest BCUT2D eigenvalue weighted by Gasteiger charge is -2.04. The Balaban J connectivity index is 1.20. The average molecular weight is 451 g/mol. The molecule has 0 aliphatic carbocycles. The highest BCUT2D eigenvalue weighted by atomic mass is 32.1. The number of rotatable bonds is 5. The molecule has 1 aliphatic heterocycles. The molecule has 2 aromatic heterocycles. The fourth-order valence-corrected chi connectivity index (χ4v) is 4.63. The Labute approximate surface area is 194 Å². The topological polar surface area (TPSA) is 70.5 Å². The Kier molecular flexibility index (Phi) is 4.77. The zero-order valence-corrected chi connectivity index (χ0v) is 18.6. The molecule has 0 amide bonds. The Bertz CT molecular complexity index is 1500. The first-order valence-electron chi connectivity index (χ1n) is 10.6. The molecule has 160 valence electrons. The number of aryl methyl sites for hydroxylation is 1. The van der Waals surface area contributed by atoms with E-state index in [4.69, 9.17) is 4.98 Å². The fraction of sp³-hybridized carbons (Fsp3) is 0.0800. The van der Waals surface area contributed by atoms with Crippen molar-refractivity contribution in [2.45, 2.75) is 6.04 Å². The summed E-state index contributed by atoms with van der Waals surface area (Å²) in [5.74, 6) is 0. The molecule has 3 aromatic carbocycles. The zero-order valence-electron chi connectivity index (χ0n) is 17.8. The molecule has 6 rings (SSSR count). The number of fused-ring (bicyclic) bond motifs is 1. The van der Waals surface area contributed by atoms with Crippen LogP contribution in [0.3, 0.4) is 0 Å². The maximum absolute atomic E-state index is 4.79. The van der Waals surface area contributed by atoms with Crippen LogP contribution in [0.2, 0.25) is 0 Å². The largest absolute Gasteiger partial charge is 0.331 e. The zero-order chi connectivity index (χ0) is 22.2. The van der Waals surface area contributed by atoms with Crippen molar-refractivity contribution in [2.75, 3.05) is 5.32 Å². The Morgan fingerprint density at radius 3 is 2.67 bits per heavy atom. The second kappa shape index (κ2) is 8.07. The Morgan fingerprint density at radius 1 is 0.970 bits per heavy atom. The molecule has 0 saturated carbocycles. The molecule has 0 fully saturated rings. The van der Waals surface area contributed by atoms with Crippen LogP contribution in [0.5, 0.6) is 0 Å². The minimum Gasteiger partial charge on any atom is -0.331 e. The second-order valence-corrected chi connectivity index (χ2v) is 8.63. The van der Waals surface area contributed by atoms with Crippen LogP contribution in [0, 0.1) is 0 Å². The number of anilines is 2. The molecule has 1 N–H and O–H groups in total. The van der Waals surface area contributed by atoms with Crippen LogP contribution in [-0.4, -0.2) is 25.7 Å². The van der Waals surface area contributed by atoms with E-state index in [9.17, 15) is 0 Å². The summed E-state index contributed by atoms with van der Waals surface area (Å²) in [6.07, 6.45) is 3.90. The summed E-state index contributed by atoms with van der Waals surface area (Å²) >= 11 is 1.58. The van der Waals surface area contributed by atoms with Gasteiger partial charge >= 0.3 is 0 Å². The fourth-order valence-electron chi connectivity index (χ4n) is 3.90. The molecule has 1 unspecified atom stereocenters. The van der Waals surface area contributed by atoms with E-state index >= 15 is 0 Å². The molecule has 1 atom stereocenters. The minimum atomic E-state index is -0.0534. The number of hydrogen-bond acceptors (Lipinski definition) is 6. The molecule has 0 spiro atoms. The molecule has 3 heterocycles. The van der Waals surface area contributed by atoms with Crippen LogP contribution < -0.4 is 5.32 Å². The van der Waals surface area contributed by atoms with E-state index in [1.807, 2.05) is 71.3 Å². The summed E-state index contributed by atoms with van der Waals surface area (Å²) < 4.78 is 3.69. The predicted molar refractivity (Wildman–Crippen MR) is 132 cm³/mol. The minimum absolute atomic E-state index is 0.0534. The quantitative estimate of drug-likeness (QED) is 0.321. The van der Waals surface area contributed by atoms with Crippen LogP contribution in [0.25, 0.3) is 22.2 Å². The highest BCUT2D eigenvalue weighted by molar-refractivity contribution is 7.14. The molecule has 0 saturated heterocycles. The van der Waals surface area contributed by atoms with Crippen LogP contribution in [0.15, 0.2) is 94.7 Å². The van der Waals surface area contributed by atoms with Crippen molar-refractivity contribution in [1.29, 1.82) is 0 Å². The smallest absolute Gasteiger partial charge is 0.248 e. The normalized spacial score (nSPS) is 15.2. The molecule has 0 bridgehead atoms. The number of nitrogens with one attached hydrogen (secondary N) is 1. The third kappa shape index (κ3) is 3.70. The van der Waals surface area contributed by atoms with E-state index in [2.05, 4.69) is 56.5 Å². The second-order valence-electron chi connectivity index (χ2n) is 7.77. The van der Waals surface area contributed by atoms with Gasteiger partial charge in [0, 0.05) is 34.1 Å². The molecule has 8 heteroatoms. The molecule has 1 aliphatic rings. The first-order valence-corrected chi connectivity index (χ1v) is 11.5. The summed E-state index contributed by atoms with van der Waals surface area (Å²) in [4.78, 5) is 4.79. The van der Waals surface area contributed by atoms with Gasteiger partial charge in [-0.1, -0.05) is 36.4 Å². The third-order valence-electron chi connectivity index (χ3n) is 5.66. The summed E-state index contributed by atoms with van der Waals surface area (Å²) in [5.41, 5.74) is 6.17. The predicted octanol–water partition coefficient (Wildman–Crippen LogP) is 6.28. The number of aromatic nitrogens is 3. The summed E-state index contributed by atoms with van der Waals surface area (Å²) in [6, 6.07) is 24.5. The van der Waals surface area contributed by atoms with E-state index in [0.29, 0.717) is 0 Å². The Morgan fingerprint density at radius 2 is 1.82 bits per heavy atom. The maximum atomic E-state index is 4.79. The van der Waals surface area contributed by atoms with Crippen molar-refractivity contribution < 1.29 is 4.68 Å². The molecular weight excluding hydrogens is 430 g/mol. The number of benzene rings is 3. The lowest BCUT2D eigenvalue weighted by Crippen LogP contribution is -1.99. The van der Waals surface area contributed by atoms with Crippen molar-refractivity contribution >= 4 is 45.0 Å². The van der Waals surface area contributed by atoms with Gasteiger partial charge in [0.25, 0.3) is 0 Å². The van der Waals surface area contributed by atoms with Crippen LogP contribution >= 0.6 is 11.3 Å². The summed E-state index contributed by atoms with van der Waals surface area (Å²) in [6.45, 7) is 0. The van der Waals surface area contributed by atoms with Gasteiger partial charge < -0.3 is 5.32 Å². The molecule has 0 radical (unpaired) electrons. The monoisotopic (exact) mass is 450 g/mol. The van der Waals surface area contributed by atoms with Crippen LogP contribution in [-0.2, 0) is 7.05 Å². The lowest BCUT2D eigenvalue weighted by molar-refractivity contribution is -0.444. The summed E-state index contributed by atoms with van der Waals surface area (Å²) in [5, 5.41) is 20.5. The van der Waals surface area contributed by atoms with Crippen molar-refractivity contribution in [3.8, 4) is 11.3 Å². The van der Waals surface area contributed by atoms with Crippen molar-refractivity contribution in [3.05, 3.63) is 89.9 Å². The molecule has 5 aromatic rings. The third-order valence-corrected chi connectivity index (χ3v) is 6.42. The van der Waals surface area contributed by atoms with Crippen molar-refractivity contribution in [1.82, 2.24) is 14.8 Å². The van der Waals surface area contributed by atoms with Gasteiger partial charge in [-0.25, -0.2) is 4.98 Å². The number of nitrogens with zero attached hydrogens (tertiary/aromatic N) is 6. The van der Waals surface area contributed by atoms with Crippen LogP contribution in [0.1, 0.15) is 11.6 Å². The van der Waals surface area contributed by atoms with Gasteiger partial charge in [-0.05, 0) is 36.4 Å². The van der Waals surface area contributed by atoms with E-state index < -0.39 is 0 Å². The number of hydrogen-bond donors (Lipinski definition) is 1. The van der Waals surface area contributed by atoms with Gasteiger partial charge in [0.2, 0.25) is 6.04 Å². The first kappa shape index (κ1) is 19.5. The van der Waals surface area contributed by atoms with Crippen molar-refractivity contribution in [3.63, 3.8) is 0 Å². The molecule has 7 nitrogen and oxygen atoms in total. The van der Waals surface area contributed by atoms with Gasteiger partial charge in [-0.2, -0.15) is 5.10 Å². The van der Waals surface area contributed by atoms with E-state index in [1.54, 1.807) is 11.3 Å². The molecular formula is C25H20N7S+. The highest BCUT2D eigenvalue weighted by Gasteiger charge is 2.24. The summed E-state index contributed by atoms with van der Waals surface area (Å²) in [7, 11) is 1.94. The van der Waals surface area contributed by atoms with E-state index in [1.165, 1.54) is 0 Å². The van der Waals surface area contributed by atoms with Gasteiger partial charge in [0.05, 0.1) is 23.1 Å². The standard InChI is InChI=1S/C25H20N7S/c1-31-24-9-5-8-21(20(24)14-26-31)27-25-28-23(16-33-25)18-10-12-19(13-11-18)32-15-22(29-30-32)17-6-3-2-4-7-17/h2-16,22H,1H3,(H,27,28)/q+1. The van der Waals surface area contributed by atoms with Crippen LogP contribution in [0.4, 0.5) is 16.5 Å². The van der Waals surface area contributed by atoms with Gasteiger partial charge in [-0.3, -0.25) is 4.68 Å². The number of thiazole rings is 1. The molecule has 33 heavy (non-hydrogen) atoms. The van der Waals surface area contributed by atoms with Gasteiger partial charge in [0.1, 0.15) is 5.22 Å². The average Bonchev–Trinajstić information content (AvgIpc) is 3.61. The van der Waals surface area contributed by atoms with Gasteiger partial charge in [0.15, 0.2) is 17.0 Å². The van der Waals surface area contributed by atoms with Crippen molar-refractivity contribution in [2.24, 2.45) is 17.4 Å². The lowest BCUT2D eigenvalue weighted by atomic mass is 10.1. The van der Waals surface area contributed by atoms with E-state index in [-0.39, 0.29) is 6.04 Å². The van der Waals surface area contributed by atoms with E-state index in [0.717, 1.165) is 44.2 Å². The SMILES string of the molecule is Cn1ncc2c(Nc3nc(-c4ccc([N+]5=CC(c6ccccc6)N=N5)cc4)cs3)cccc21.